The van der Waals surface area contributed by atoms with Gasteiger partial charge in [0, 0.05) is 0 Å². The molecule has 0 rings (SSSR count). The molecule has 26 heavy (non-hydrogen) atoms. The maximum atomic E-state index is 10.3. The summed E-state index contributed by atoms with van der Waals surface area (Å²) >= 11 is 0. The van der Waals surface area contributed by atoms with E-state index in [4.69, 9.17) is 20.4 Å². The number of carboxylic acids is 3. The molecule has 0 aliphatic rings. The molecular weight excluding hydrogens is 450 g/mol. The molecule has 0 saturated heterocycles. The molecule has 0 aromatic heterocycles. The van der Waals surface area contributed by atoms with E-state index in [0.717, 1.165) is 0 Å². The summed E-state index contributed by atoms with van der Waals surface area (Å²) in [4.78, 5) is 67.8. The predicted molar refractivity (Wildman–Crippen MR) is 53.4 cm³/mol. The maximum absolute atomic E-state index is 10.3. The Bertz CT molecular complexity index is 492. The van der Waals surface area contributed by atoms with E-state index >= 15 is 0 Å². The number of phosphoric acid groups is 2. The van der Waals surface area contributed by atoms with E-state index in [-0.39, 0.29) is 118 Å². The number of carbonyl (C=O) groups is 3. The minimum atomic E-state index is -5.68. The van der Waals surface area contributed by atoms with Gasteiger partial charge in [0.1, 0.15) is 0 Å². The van der Waals surface area contributed by atoms with Gasteiger partial charge in [-0.2, -0.15) is 0 Å². The molecule has 0 aromatic carbocycles. The van der Waals surface area contributed by atoms with Crippen LogP contribution in [0.4, 0.5) is 0 Å². The average Bonchev–Trinajstić information content (AvgIpc) is 2.08. The van der Waals surface area contributed by atoms with Gasteiger partial charge < -0.3 is 53.4 Å². The minimum Gasteiger partial charge on any atom is -0.790 e. The average molecular weight is 458 g/mol. The summed E-state index contributed by atoms with van der Waals surface area (Å²) in [6.45, 7) is 0. The van der Waals surface area contributed by atoms with Gasteiger partial charge in [-0.1, -0.05) is 0 Å². The number of aliphatic hydroxyl groups is 1. The van der Waals surface area contributed by atoms with Crippen molar-refractivity contribution in [3.8, 4) is 0 Å². The third kappa shape index (κ3) is 28.8. The number of hydrogen-bond acceptors (Lipinski definition) is 11. The Morgan fingerprint density at radius 1 is 0.769 bits per heavy atom. The van der Waals surface area contributed by atoms with E-state index in [1.807, 2.05) is 0 Å². The molecule has 0 radical (unpaired) electrons. The molecule has 4 N–H and O–H groups in total. The van der Waals surface area contributed by atoms with Crippen molar-refractivity contribution in [2.75, 3.05) is 0 Å². The number of hydrogen-bond donors (Lipinski definition) is 4. The molecular formula is C6H8Na4O14P2. The summed E-state index contributed by atoms with van der Waals surface area (Å²) in [5.74, 6) is -5.02. The quantitative estimate of drug-likeness (QED) is 0.204. The van der Waals surface area contributed by atoms with Crippen molar-refractivity contribution in [2.24, 2.45) is 0 Å². The number of carboxylic acid groups (broad SMARTS) is 3. The van der Waals surface area contributed by atoms with Crippen LogP contribution in [-0.4, -0.2) is 43.9 Å². The van der Waals surface area contributed by atoms with Crippen LogP contribution in [0.2, 0.25) is 0 Å². The van der Waals surface area contributed by atoms with Crippen molar-refractivity contribution in [1.29, 1.82) is 0 Å². The molecule has 0 aliphatic carbocycles. The minimum absolute atomic E-state index is 0. The van der Waals surface area contributed by atoms with E-state index in [1.54, 1.807) is 0 Å². The number of aliphatic carboxylic acids is 3. The first-order valence-electron chi connectivity index (χ1n) is 4.63. The van der Waals surface area contributed by atoms with Gasteiger partial charge in [-0.25, -0.2) is 4.79 Å². The Kier molecular flexibility index (Phi) is 30.2. The van der Waals surface area contributed by atoms with E-state index < -0.39 is 52.0 Å². The standard InChI is InChI=1S/C6H8O7.4Na.H4O7P2/c7-3(8)1-6(13,5(11)12)2-4(9)10;;;;;1-8(2,3)7-9(4,5)6/h13H,1-2H2,(H,7,8)(H,9,10)(H,11,12);;;;;(H2,1,2,3)(H2,4,5,6)/q;4*+1;/p-4. The van der Waals surface area contributed by atoms with E-state index in [2.05, 4.69) is 4.31 Å². The van der Waals surface area contributed by atoms with Crippen molar-refractivity contribution in [2.45, 2.75) is 18.4 Å². The molecule has 0 spiro atoms. The second kappa shape index (κ2) is 18.4. The molecule has 0 bridgehead atoms. The smallest absolute Gasteiger partial charge is 0.790 e. The Hall–Kier alpha value is 2.63. The third-order valence-corrected chi connectivity index (χ3v) is 3.09. The zero-order chi connectivity index (χ0) is 18.4. The summed E-state index contributed by atoms with van der Waals surface area (Å²) in [6, 6.07) is 0. The molecule has 0 aliphatic heterocycles. The SMILES string of the molecule is O=C(O)CC(O)(CC(=O)O)C(=O)O.O=P([O-])([O-])OP(=O)([O-])[O-].[Na+].[Na+].[Na+].[Na+]. The van der Waals surface area contributed by atoms with Gasteiger partial charge in [-0.05, 0) is 0 Å². The van der Waals surface area contributed by atoms with Gasteiger partial charge >= 0.3 is 136 Å². The summed E-state index contributed by atoms with van der Waals surface area (Å²) < 4.78 is 21.2. The third-order valence-electron chi connectivity index (χ3n) is 1.49. The van der Waals surface area contributed by atoms with Crippen LogP contribution in [0.25, 0.3) is 0 Å². The van der Waals surface area contributed by atoms with Crippen LogP contribution in [0, 0.1) is 0 Å². The van der Waals surface area contributed by atoms with Crippen molar-refractivity contribution in [1.82, 2.24) is 0 Å². The molecule has 0 atom stereocenters. The van der Waals surface area contributed by atoms with Crippen molar-refractivity contribution < 1.29 is 186 Å². The fraction of sp³-hybridized carbons (Fsp3) is 0.500. The molecule has 20 heteroatoms. The van der Waals surface area contributed by atoms with Crippen molar-refractivity contribution in [3.05, 3.63) is 0 Å². The largest absolute Gasteiger partial charge is 1.00 e. The summed E-state index contributed by atoms with van der Waals surface area (Å²) in [5, 5.41) is 33.8. The summed E-state index contributed by atoms with van der Waals surface area (Å²) in [7, 11) is -11.4. The first kappa shape index (κ1) is 42.7. The van der Waals surface area contributed by atoms with Crippen LogP contribution in [-0.2, 0) is 27.8 Å². The van der Waals surface area contributed by atoms with Crippen LogP contribution in [0.15, 0.2) is 0 Å². The normalized spacial score (nSPS) is 10.2. The molecule has 0 aromatic rings. The second-order valence-corrected chi connectivity index (χ2v) is 5.90. The van der Waals surface area contributed by atoms with Gasteiger partial charge in [0.2, 0.25) is 0 Å². The number of rotatable bonds is 7. The molecule has 0 heterocycles. The first-order chi connectivity index (χ1) is 9.48. The molecule has 14 nitrogen and oxygen atoms in total. The fourth-order valence-corrected chi connectivity index (χ4v) is 1.82. The Labute approximate surface area is 234 Å². The van der Waals surface area contributed by atoms with Crippen LogP contribution in [0.5, 0.6) is 0 Å². The van der Waals surface area contributed by atoms with Crippen LogP contribution in [0.1, 0.15) is 12.8 Å². The van der Waals surface area contributed by atoms with Gasteiger partial charge in [0.25, 0.3) is 0 Å². The van der Waals surface area contributed by atoms with Crippen molar-refractivity contribution >= 4 is 33.6 Å². The van der Waals surface area contributed by atoms with Crippen molar-refractivity contribution in [3.63, 3.8) is 0 Å². The summed E-state index contributed by atoms with van der Waals surface area (Å²) in [5.41, 5.74) is -2.74. The summed E-state index contributed by atoms with van der Waals surface area (Å²) in [6.07, 6.45) is -2.29. The zero-order valence-corrected chi connectivity index (χ0v) is 24.0. The van der Waals surface area contributed by atoms with Crippen LogP contribution in [0.3, 0.4) is 0 Å². The molecule has 0 unspecified atom stereocenters. The Morgan fingerprint density at radius 3 is 1.08 bits per heavy atom. The van der Waals surface area contributed by atoms with Crippen LogP contribution >= 0.6 is 15.6 Å². The van der Waals surface area contributed by atoms with E-state index in [9.17, 15) is 43.1 Å². The van der Waals surface area contributed by atoms with E-state index in [1.165, 1.54) is 0 Å². The van der Waals surface area contributed by atoms with Gasteiger partial charge in [0.05, 0.1) is 28.5 Å². The molecule has 0 saturated carbocycles. The zero-order valence-electron chi connectivity index (χ0n) is 14.2. The topological polar surface area (TPSA) is 268 Å². The predicted octanol–water partition coefficient (Wildman–Crippen LogP) is -16.6. The molecule has 0 fully saturated rings. The Balaban J connectivity index is -0.0000000697. The first-order valence-corrected chi connectivity index (χ1v) is 7.55. The maximum Gasteiger partial charge on any atom is 1.00 e. The van der Waals surface area contributed by atoms with E-state index in [0.29, 0.717) is 0 Å². The second-order valence-electron chi connectivity index (χ2n) is 3.45. The van der Waals surface area contributed by atoms with Gasteiger partial charge in [-0.3, -0.25) is 9.59 Å². The fourth-order valence-electron chi connectivity index (χ4n) is 0.837. The van der Waals surface area contributed by atoms with Crippen LogP contribution < -0.4 is 138 Å². The molecule has 130 valence electrons. The van der Waals surface area contributed by atoms with Gasteiger partial charge in [0.15, 0.2) is 5.60 Å². The van der Waals surface area contributed by atoms with Gasteiger partial charge in [-0.15, -0.1) is 0 Å². The monoisotopic (exact) mass is 458 g/mol. The Morgan fingerprint density at radius 2 is 1.00 bits per heavy atom. The molecule has 0 amide bonds.